The van der Waals surface area contributed by atoms with Crippen molar-refractivity contribution in [3.05, 3.63) is 53.1 Å². The highest BCUT2D eigenvalue weighted by molar-refractivity contribution is 7.86. The average molecular weight is 406 g/mol. The summed E-state index contributed by atoms with van der Waals surface area (Å²) < 4.78 is 43.0. The number of nitrogens with zero attached hydrogens (tertiary/aromatic N) is 2. The molecule has 1 aromatic heterocycles. The first kappa shape index (κ1) is 18.8. The van der Waals surface area contributed by atoms with Gasteiger partial charge < -0.3 is 5.11 Å². The van der Waals surface area contributed by atoms with Gasteiger partial charge >= 0.3 is 5.97 Å². The molecule has 0 saturated heterocycles. The normalized spacial score (nSPS) is 24.2. The van der Waals surface area contributed by atoms with Crippen molar-refractivity contribution < 1.29 is 26.9 Å². The highest BCUT2D eigenvalue weighted by Gasteiger charge is 2.50. The van der Waals surface area contributed by atoms with E-state index in [4.69, 9.17) is 4.18 Å². The Morgan fingerprint density at radius 1 is 1.36 bits per heavy atom. The molecule has 9 heteroatoms. The van der Waals surface area contributed by atoms with Crippen LogP contribution in [0.4, 0.5) is 4.39 Å². The van der Waals surface area contributed by atoms with Crippen LogP contribution in [0.5, 0.6) is 0 Å². The van der Waals surface area contributed by atoms with E-state index in [0.717, 1.165) is 23.1 Å². The van der Waals surface area contributed by atoms with Crippen LogP contribution in [-0.2, 0) is 25.5 Å². The molecule has 0 aliphatic heterocycles. The molecular weight excluding hydrogens is 387 g/mol. The average Bonchev–Trinajstić information content (AvgIpc) is 3.01. The molecule has 148 valence electrons. The summed E-state index contributed by atoms with van der Waals surface area (Å²) in [6.07, 6.45) is 4.86. The third-order valence-electron chi connectivity index (χ3n) is 5.41. The highest BCUT2D eigenvalue weighted by atomic mass is 32.2. The van der Waals surface area contributed by atoms with Crippen molar-refractivity contribution in [2.75, 3.05) is 6.26 Å². The number of carboxylic acids is 1. The van der Waals surface area contributed by atoms with E-state index >= 15 is 0 Å². The number of hydrogen-bond acceptors (Lipinski definition) is 5. The van der Waals surface area contributed by atoms with Gasteiger partial charge in [-0.25, -0.2) is 9.07 Å². The Morgan fingerprint density at radius 3 is 2.71 bits per heavy atom. The highest BCUT2D eigenvalue weighted by Crippen LogP contribution is 2.49. The zero-order chi connectivity index (χ0) is 20.1. The SMILES string of the molecule is CS(=O)(=O)O[C@H]1CCC2=Cc3c(cnn3-c3ccc(F)cc3)C[C@]2(C(=O)O)C1. The predicted octanol–water partition coefficient (Wildman–Crippen LogP) is 2.55. The Hall–Kier alpha value is -2.52. The summed E-state index contributed by atoms with van der Waals surface area (Å²) >= 11 is 0. The fraction of sp³-hybridized carbons (Fsp3) is 0.368. The van der Waals surface area contributed by atoms with Gasteiger partial charge in [0.05, 0.1) is 35.4 Å². The lowest BCUT2D eigenvalue weighted by Gasteiger charge is -2.41. The predicted molar refractivity (Wildman–Crippen MR) is 98.8 cm³/mol. The maximum Gasteiger partial charge on any atom is 0.314 e. The molecule has 1 saturated carbocycles. The standard InChI is InChI=1S/C19H19FN2O5S/c1-28(25,26)27-16-7-2-13-8-17-12(9-19(13,10-16)18(23)24)11-21-22(17)15-5-3-14(20)4-6-15/h3-6,8,11,16H,2,7,9-10H2,1H3,(H,23,24)/t16-,19-/m0/s1. The van der Waals surface area contributed by atoms with Crippen molar-refractivity contribution in [1.29, 1.82) is 0 Å². The van der Waals surface area contributed by atoms with Crippen LogP contribution >= 0.6 is 0 Å². The molecule has 28 heavy (non-hydrogen) atoms. The van der Waals surface area contributed by atoms with Gasteiger partial charge in [0.15, 0.2) is 0 Å². The Kier molecular flexibility index (Phi) is 4.39. The second kappa shape index (κ2) is 6.52. The molecule has 2 aromatic rings. The van der Waals surface area contributed by atoms with Gasteiger partial charge in [-0.15, -0.1) is 0 Å². The first-order valence-corrected chi connectivity index (χ1v) is 10.7. The molecule has 0 spiro atoms. The van der Waals surface area contributed by atoms with Crippen LogP contribution in [0, 0.1) is 11.2 Å². The van der Waals surface area contributed by atoms with Crippen LogP contribution in [0.25, 0.3) is 11.8 Å². The lowest BCUT2D eigenvalue weighted by atomic mass is 9.63. The summed E-state index contributed by atoms with van der Waals surface area (Å²) in [5.74, 6) is -1.35. The summed E-state index contributed by atoms with van der Waals surface area (Å²) in [7, 11) is -3.67. The largest absolute Gasteiger partial charge is 0.481 e. The Bertz CT molecular complexity index is 1070. The fourth-order valence-electron chi connectivity index (χ4n) is 4.16. The topological polar surface area (TPSA) is 98.5 Å². The zero-order valence-corrected chi connectivity index (χ0v) is 15.9. The molecule has 1 aromatic carbocycles. The smallest absolute Gasteiger partial charge is 0.314 e. The summed E-state index contributed by atoms with van der Waals surface area (Å²) in [4.78, 5) is 12.2. The van der Waals surface area contributed by atoms with E-state index in [1.165, 1.54) is 12.1 Å². The van der Waals surface area contributed by atoms with Gasteiger partial charge in [-0.05, 0) is 61.6 Å². The summed E-state index contributed by atoms with van der Waals surface area (Å²) in [6, 6.07) is 5.90. The van der Waals surface area contributed by atoms with Crippen molar-refractivity contribution >= 4 is 22.2 Å². The molecule has 4 rings (SSSR count). The third-order valence-corrected chi connectivity index (χ3v) is 6.03. The number of aromatic nitrogens is 2. The van der Waals surface area contributed by atoms with Crippen molar-refractivity contribution in [1.82, 2.24) is 9.78 Å². The number of carboxylic acid groups (broad SMARTS) is 1. The van der Waals surface area contributed by atoms with Crippen LogP contribution < -0.4 is 0 Å². The van der Waals surface area contributed by atoms with Crippen LogP contribution in [0.1, 0.15) is 30.5 Å². The van der Waals surface area contributed by atoms with Gasteiger partial charge in [-0.3, -0.25) is 8.98 Å². The molecule has 0 amide bonds. The third kappa shape index (κ3) is 3.24. The van der Waals surface area contributed by atoms with E-state index in [1.54, 1.807) is 23.0 Å². The minimum absolute atomic E-state index is 0.0857. The molecule has 2 atom stereocenters. The molecule has 1 heterocycles. The van der Waals surface area contributed by atoms with E-state index in [2.05, 4.69) is 5.10 Å². The quantitative estimate of drug-likeness (QED) is 0.784. The maximum atomic E-state index is 13.2. The first-order chi connectivity index (χ1) is 13.2. The Morgan fingerprint density at radius 2 is 2.07 bits per heavy atom. The van der Waals surface area contributed by atoms with E-state index in [1.807, 2.05) is 6.08 Å². The van der Waals surface area contributed by atoms with Crippen LogP contribution in [0.2, 0.25) is 0 Å². The minimum Gasteiger partial charge on any atom is -0.481 e. The molecule has 2 aliphatic rings. The van der Waals surface area contributed by atoms with Gasteiger partial charge in [0, 0.05) is 0 Å². The van der Waals surface area contributed by atoms with Gasteiger partial charge in [-0.1, -0.05) is 5.57 Å². The van der Waals surface area contributed by atoms with Gasteiger partial charge in [0.2, 0.25) is 0 Å². The van der Waals surface area contributed by atoms with Gasteiger partial charge in [-0.2, -0.15) is 13.5 Å². The van der Waals surface area contributed by atoms with E-state index in [9.17, 15) is 22.7 Å². The number of rotatable bonds is 4. The van der Waals surface area contributed by atoms with Crippen LogP contribution in [0.3, 0.4) is 0 Å². The summed E-state index contributed by atoms with van der Waals surface area (Å²) in [5, 5.41) is 14.4. The Balaban J connectivity index is 1.73. The molecule has 0 bridgehead atoms. The molecule has 1 N–H and O–H groups in total. The second-order valence-electron chi connectivity index (χ2n) is 7.34. The molecule has 0 radical (unpaired) electrons. The molecular formula is C19H19FN2O5S. The zero-order valence-electron chi connectivity index (χ0n) is 15.1. The molecule has 7 nitrogen and oxygen atoms in total. The number of benzene rings is 1. The monoisotopic (exact) mass is 406 g/mol. The number of hydrogen-bond donors (Lipinski definition) is 1. The van der Waals surface area contributed by atoms with Crippen LogP contribution in [-0.4, -0.2) is 41.6 Å². The van der Waals surface area contributed by atoms with E-state index in [0.29, 0.717) is 18.5 Å². The fourth-order valence-corrected chi connectivity index (χ4v) is 4.82. The van der Waals surface area contributed by atoms with Crippen molar-refractivity contribution in [3.63, 3.8) is 0 Å². The van der Waals surface area contributed by atoms with Crippen molar-refractivity contribution in [2.45, 2.75) is 31.8 Å². The number of fused-ring (bicyclic) bond motifs is 2. The molecule has 0 unspecified atom stereocenters. The number of aliphatic carboxylic acids is 1. The Labute approximate surface area is 161 Å². The van der Waals surface area contributed by atoms with Crippen molar-refractivity contribution in [3.8, 4) is 5.69 Å². The first-order valence-electron chi connectivity index (χ1n) is 8.83. The summed E-state index contributed by atoms with van der Waals surface area (Å²) in [5.41, 5.74) is 1.70. The van der Waals surface area contributed by atoms with Gasteiger partial charge in [0.25, 0.3) is 10.1 Å². The second-order valence-corrected chi connectivity index (χ2v) is 8.94. The van der Waals surface area contributed by atoms with Crippen molar-refractivity contribution in [2.24, 2.45) is 5.41 Å². The lowest BCUT2D eigenvalue weighted by molar-refractivity contribution is -0.149. The number of carbonyl (C=O) groups is 1. The maximum absolute atomic E-state index is 13.2. The van der Waals surface area contributed by atoms with Crippen LogP contribution in [0.15, 0.2) is 36.0 Å². The van der Waals surface area contributed by atoms with E-state index < -0.39 is 27.6 Å². The minimum atomic E-state index is -3.67. The molecule has 2 aliphatic carbocycles. The van der Waals surface area contributed by atoms with E-state index in [-0.39, 0.29) is 18.7 Å². The lowest BCUT2D eigenvalue weighted by Crippen LogP contribution is -2.44. The summed E-state index contributed by atoms with van der Waals surface area (Å²) in [6.45, 7) is 0. The van der Waals surface area contributed by atoms with Gasteiger partial charge in [0.1, 0.15) is 5.82 Å². The molecule has 1 fully saturated rings. The number of halogens is 1.